The fraction of sp³-hybridized carbons (Fsp3) is 0.214. The van der Waals surface area contributed by atoms with Crippen molar-refractivity contribution in [2.45, 2.75) is 13.5 Å². The maximum atomic E-state index is 13.6. The van der Waals surface area contributed by atoms with Crippen LogP contribution in [0.25, 0.3) is 0 Å². The molecule has 1 aromatic heterocycles. The van der Waals surface area contributed by atoms with Crippen molar-refractivity contribution in [2.75, 3.05) is 7.05 Å². The molecule has 0 aliphatic carbocycles. The summed E-state index contributed by atoms with van der Waals surface area (Å²) in [5, 5.41) is 0.331. The molecule has 5 heteroatoms. The second-order valence-electron chi connectivity index (χ2n) is 4.29. The Hall–Kier alpha value is -1.81. The quantitative estimate of drug-likeness (QED) is 0.860. The molecule has 0 aliphatic heterocycles. The van der Waals surface area contributed by atoms with Gasteiger partial charge in [-0.05, 0) is 31.2 Å². The lowest BCUT2D eigenvalue weighted by molar-refractivity contribution is 0.0780. The lowest BCUT2D eigenvalue weighted by Gasteiger charge is -2.17. The van der Waals surface area contributed by atoms with E-state index in [1.165, 1.54) is 23.1 Å². The highest BCUT2D eigenvalue weighted by Crippen LogP contribution is 2.18. The van der Waals surface area contributed by atoms with E-state index in [-0.39, 0.29) is 5.56 Å². The average Bonchev–Trinajstić information content (AvgIpc) is 2.77. The van der Waals surface area contributed by atoms with Crippen LogP contribution in [0.1, 0.15) is 21.7 Å². The summed E-state index contributed by atoms with van der Waals surface area (Å²) in [7, 11) is 1.61. The molecule has 2 rings (SSSR count). The highest BCUT2D eigenvalue weighted by Gasteiger charge is 2.17. The Morgan fingerprint density at radius 3 is 2.79 bits per heavy atom. The summed E-state index contributed by atoms with van der Waals surface area (Å²) in [6, 6.07) is 5.71. The molecule has 0 atom stereocenters. The molecule has 0 N–H and O–H groups in total. The molecular weight excluding hydrogens is 269 g/mol. The summed E-state index contributed by atoms with van der Waals surface area (Å²) in [6.07, 6.45) is 1.56. The lowest BCUT2D eigenvalue weighted by atomic mass is 10.1. The third-order valence-corrected chi connectivity index (χ3v) is 3.11. The Morgan fingerprint density at radius 2 is 2.16 bits per heavy atom. The Morgan fingerprint density at radius 1 is 1.42 bits per heavy atom. The van der Waals surface area contributed by atoms with Crippen LogP contribution in [0.4, 0.5) is 4.39 Å². The summed E-state index contributed by atoms with van der Waals surface area (Å²) in [6.45, 7) is 2.17. The number of halogens is 2. The van der Waals surface area contributed by atoms with Crippen molar-refractivity contribution in [1.29, 1.82) is 0 Å². The van der Waals surface area contributed by atoms with Crippen molar-refractivity contribution >= 4 is 17.5 Å². The zero-order chi connectivity index (χ0) is 14.0. The summed E-state index contributed by atoms with van der Waals surface area (Å²) >= 11 is 5.78. The van der Waals surface area contributed by atoms with E-state index in [4.69, 9.17) is 16.0 Å². The predicted molar refractivity (Wildman–Crippen MR) is 70.7 cm³/mol. The standard InChI is InChI=1S/C14H13ClFNO2/c1-9-10(5-6-19-9)8-17(2)14(18)12-7-11(15)3-4-13(12)16/h3-7H,8H2,1-2H3. The van der Waals surface area contributed by atoms with Crippen molar-refractivity contribution < 1.29 is 13.6 Å². The van der Waals surface area contributed by atoms with Gasteiger partial charge >= 0.3 is 0 Å². The molecule has 0 aliphatic rings. The van der Waals surface area contributed by atoms with Crippen LogP contribution in [0.2, 0.25) is 5.02 Å². The van der Waals surface area contributed by atoms with E-state index in [1.807, 2.05) is 6.92 Å². The first kappa shape index (κ1) is 13.6. The fourth-order valence-electron chi connectivity index (χ4n) is 1.77. The Balaban J connectivity index is 2.19. The molecule has 0 saturated carbocycles. The first-order valence-corrected chi connectivity index (χ1v) is 6.10. The molecule has 1 heterocycles. The topological polar surface area (TPSA) is 33.5 Å². The number of hydrogen-bond donors (Lipinski definition) is 0. The van der Waals surface area contributed by atoms with Gasteiger partial charge in [0, 0.05) is 24.2 Å². The van der Waals surface area contributed by atoms with E-state index in [0.717, 1.165) is 11.3 Å². The van der Waals surface area contributed by atoms with E-state index in [9.17, 15) is 9.18 Å². The molecule has 0 radical (unpaired) electrons. The van der Waals surface area contributed by atoms with Crippen LogP contribution in [-0.2, 0) is 6.54 Å². The van der Waals surface area contributed by atoms with Crippen LogP contribution in [0.3, 0.4) is 0 Å². The fourth-order valence-corrected chi connectivity index (χ4v) is 1.94. The third-order valence-electron chi connectivity index (χ3n) is 2.88. The van der Waals surface area contributed by atoms with Gasteiger partial charge in [0.25, 0.3) is 5.91 Å². The van der Waals surface area contributed by atoms with Gasteiger partial charge in [0.05, 0.1) is 11.8 Å². The molecule has 0 bridgehead atoms. The second kappa shape index (κ2) is 5.45. The van der Waals surface area contributed by atoms with Crippen LogP contribution in [-0.4, -0.2) is 17.9 Å². The molecule has 1 aromatic carbocycles. The molecule has 0 spiro atoms. The second-order valence-corrected chi connectivity index (χ2v) is 4.72. The minimum Gasteiger partial charge on any atom is -0.469 e. The number of carbonyl (C=O) groups excluding carboxylic acids is 1. The van der Waals surface area contributed by atoms with Gasteiger partial charge in [-0.2, -0.15) is 0 Å². The van der Waals surface area contributed by atoms with Gasteiger partial charge in [0.1, 0.15) is 11.6 Å². The van der Waals surface area contributed by atoms with Crippen molar-refractivity contribution in [3.8, 4) is 0 Å². The lowest BCUT2D eigenvalue weighted by Crippen LogP contribution is -2.27. The summed E-state index contributed by atoms with van der Waals surface area (Å²) in [4.78, 5) is 13.6. The Bertz CT molecular complexity index is 609. The number of aryl methyl sites for hydroxylation is 1. The first-order valence-electron chi connectivity index (χ1n) is 5.72. The van der Waals surface area contributed by atoms with E-state index >= 15 is 0 Å². The minimum atomic E-state index is -0.579. The average molecular weight is 282 g/mol. The van der Waals surface area contributed by atoms with Gasteiger partial charge in [0.2, 0.25) is 0 Å². The Kier molecular flexibility index (Phi) is 3.90. The SMILES string of the molecule is Cc1occc1CN(C)C(=O)c1cc(Cl)ccc1F. The van der Waals surface area contributed by atoms with Gasteiger partial charge in [-0.3, -0.25) is 4.79 Å². The number of nitrogens with zero attached hydrogens (tertiary/aromatic N) is 1. The van der Waals surface area contributed by atoms with Crippen molar-refractivity contribution in [3.63, 3.8) is 0 Å². The van der Waals surface area contributed by atoms with Gasteiger partial charge in [0.15, 0.2) is 0 Å². The summed E-state index contributed by atoms with van der Waals surface area (Å²) in [5.74, 6) is -0.253. The van der Waals surface area contributed by atoms with Gasteiger partial charge in [-0.25, -0.2) is 4.39 Å². The minimum absolute atomic E-state index is 0.0313. The molecule has 0 fully saturated rings. The van der Waals surface area contributed by atoms with E-state index < -0.39 is 11.7 Å². The van der Waals surface area contributed by atoms with Crippen LogP contribution in [0.15, 0.2) is 34.9 Å². The summed E-state index contributed by atoms with van der Waals surface area (Å²) in [5.41, 5.74) is 0.856. The number of benzene rings is 1. The van der Waals surface area contributed by atoms with Gasteiger partial charge < -0.3 is 9.32 Å². The number of hydrogen-bond acceptors (Lipinski definition) is 2. The Labute approximate surface area is 115 Å². The number of amides is 1. The van der Waals surface area contributed by atoms with Gasteiger partial charge in [-0.1, -0.05) is 11.6 Å². The number of furan rings is 1. The molecule has 3 nitrogen and oxygen atoms in total. The smallest absolute Gasteiger partial charge is 0.256 e. The monoisotopic (exact) mass is 281 g/mol. The van der Waals surface area contributed by atoms with Crippen molar-refractivity contribution in [2.24, 2.45) is 0 Å². The first-order chi connectivity index (χ1) is 8.99. The van der Waals surface area contributed by atoms with E-state index in [2.05, 4.69) is 0 Å². The molecule has 2 aromatic rings. The maximum Gasteiger partial charge on any atom is 0.256 e. The number of rotatable bonds is 3. The molecular formula is C14H13ClFNO2. The zero-order valence-corrected chi connectivity index (χ0v) is 11.4. The van der Waals surface area contributed by atoms with Crippen molar-refractivity contribution in [3.05, 3.63) is 58.3 Å². The molecule has 19 heavy (non-hydrogen) atoms. The van der Waals surface area contributed by atoms with E-state index in [1.54, 1.807) is 19.4 Å². The van der Waals surface area contributed by atoms with Crippen molar-refractivity contribution in [1.82, 2.24) is 4.90 Å². The normalized spacial score (nSPS) is 10.5. The van der Waals surface area contributed by atoms with Crippen LogP contribution >= 0.6 is 11.6 Å². The van der Waals surface area contributed by atoms with Crippen LogP contribution in [0.5, 0.6) is 0 Å². The van der Waals surface area contributed by atoms with E-state index in [0.29, 0.717) is 11.6 Å². The van der Waals surface area contributed by atoms with Crippen LogP contribution in [0, 0.1) is 12.7 Å². The highest BCUT2D eigenvalue weighted by molar-refractivity contribution is 6.30. The molecule has 0 saturated heterocycles. The maximum absolute atomic E-state index is 13.6. The number of carbonyl (C=O) groups is 1. The molecule has 0 unspecified atom stereocenters. The third kappa shape index (κ3) is 2.96. The predicted octanol–water partition coefficient (Wildman–Crippen LogP) is 3.65. The highest BCUT2D eigenvalue weighted by atomic mass is 35.5. The summed E-state index contributed by atoms with van der Waals surface area (Å²) < 4.78 is 18.8. The molecule has 100 valence electrons. The molecule has 1 amide bonds. The zero-order valence-electron chi connectivity index (χ0n) is 10.6. The van der Waals surface area contributed by atoms with Crippen LogP contribution < -0.4 is 0 Å². The van der Waals surface area contributed by atoms with Gasteiger partial charge in [-0.15, -0.1) is 0 Å². The largest absolute Gasteiger partial charge is 0.469 e.